The molecule has 0 spiro atoms. The van der Waals surface area contributed by atoms with Crippen molar-refractivity contribution >= 4 is 47.5 Å². The van der Waals surface area contributed by atoms with E-state index in [0.29, 0.717) is 24.9 Å². The zero-order valence-electron chi connectivity index (χ0n) is 13.1. The predicted octanol–water partition coefficient (Wildman–Crippen LogP) is 2.88. The molecule has 0 aliphatic carbocycles. The van der Waals surface area contributed by atoms with Crippen LogP contribution in [-0.2, 0) is 6.18 Å². The maximum Gasteiger partial charge on any atom is 0.417 e. The number of alkyl halides is 3. The first-order valence-corrected chi connectivity index (χ1v) is 8.52. The van der Waals surface area contributed by atoms with Gasteiger partial charge in [-0.15, -0.1) is 24.0 Å². The molecule has 2 rings (SSSR count). The molecule has 0 unspecified atom stereocenters. The number of aromatic nitrogens is 1. The predicted molar refractivity (Wildman–Crippen MR) is 103 cm³/mol. The highest BCUT2D eigenvalue weighted by molar-refractivity contribution is 14.0. The fourth-order valence-electron chi connectivity index (χ4n) is 2.05. The lowest BCUT2D eigenvalue weighted by Crippen LogP contribution is -2.42. The van der Waals surface area contributed by atoms with Crippen molar-refractivity contribution in [3.63, 3.8) is 0 Å². The van der Waals surface area contributed by atoms with Crippen LogP contribution in [0.5, 0.6) is 0 Å². The first-order chi connectivity index (χ1) is 11.0. The second-order valence-corrected chi connectivity index (χ2v) is 6.27. The van der Waals surface area contributed by atoms with Gasteiger partial charge in [-0.3, -0.25) is 4.99 Å². The molecule has 2 heterocycles. The molecule has 5 nitrogen and oxygen atoms in total. The molecule has 1 aliphatic heterocycles. The summed E-state index contributed by atoms with van der Waals surface area (Å²) in [5.41, 5.74) is 5.18. The summed E-state index contributed by atoms with van der Waals surface area (Å²) in [6.45, 7) is 3.00. The lowest BCUT2D eigenvalue weighted by molar-refractivity contribution is -0.137. The number of nitrogens with two attached hydrogens (primary N) is 1. The molecule has 3 N–H and O–H groups in total. The van der Waals surface area contributed by atoms with E-state index in [1.807, 2.05) is 11.8 Å². The molecule has 136 valence electrons. The number of hydrogen-bond donors (Lipinski definition) is 2. The number of thioether (sulfide) groups is 1. The van der Waals surface area contributed by atoms with Crippen LogP contribution in [0.1, 0.15) is 12.0 Å². The van der Waals surface area contributed by atoms with Crippen molar-refractivity contribution < 1.29 is 13.2 Å². The Morgan fingerprint density at radius 1 is 1.33 bits per heavy atom. The van der Waals surface area contributed by atoms with Gasteiger partial charge in [0.2, 0.25) is 0 Å². The monoisotopic (exact) mass is 475 g/mol. The lowest BCUT2D eigenvalue weighted by Gasteiger charge is -2.27. The van der Waals surface area contributed by atoms with Gasteiger partial charge in [0.05, 0.1) is 5.56 Å². The van der Waals surface area contributed by atoms with E-state index in [1.165, 1.54) is 6.07 Å². The Bertz CT molecular complexity index is 518. The summed E-state index contributed by atoms with van der Waals surface area (Å²) in [5, 5.41) is 2.97. The molecule has 0 amide bonds. The van der Waals surface area contributed by atoms with E-state index in [-0.39, 0.29) is 24.0 Å². The Kier molecular flexibility index (Phi) is 8.95. The van der Waals surface area contributed by atoms with Crippen LogP contribution in [0.25, 0.3) is 0 Å². The molecule has 0 bridgehead atoms. The molecule has 1 aromatic heterocycles. The third-order valence-corrected chi connectivity index (χ3v) is 4.28. The summed E-state index contributed by atoms with van der Waals surface area (Å²) in [5.74, 6) is 3.12. The highest BCUT2D eigenvalue weighted by Crippen LogP contribution is 2.28. The largest absolute Gasteiger partial charge is 0.417 e. The topological polar surface area (TPSA) is 66.5 Å². The molecule has 1 fully saturated rings. The average molecular weight is 475 g/mol. The van der Waals surface area contributed by atoms with Crippen LogP contribution in [0.4, 0.5) is 19.0 Å². The summed E-state index contributed by atoms with van der Waals surface area (Å²) in [6.07, 6.45) is -2.80. The molecule has 1 aliphatic rings. The maximum atomic E-state index is 12.4. The van der Waals surface area contributed by atoms with E-state index < -0.39 is 11.7 Å². The van der Waals surface area contributed by atoms with Crippen molar-refractivity contribution in [3.05, 3.63) is 23.9 Å². The zero-order chi connectivity index (χ0) is 16.7. The van der Waals surface area contributed by atoms with Crippen LogP contribution in [0, 0.1) is 0 Å². The van der Waals surface area contributed by atoms with Crippen molar-refractivity contribution in [2.75, 3.05) is 43.0 Å². The summed E-state index contributed by atoms with van der Waals surface area (Å²) in [7, 11) is 0. The molecule has 0 saturated carbocycles. The number of guanidine groups is 1. The second kappa shape index (κ2) is 10.2. The minimum atomic E-state index is -4.36. The summed E-state index contributed by atoms with van der Waals surface area (Å²) in [4.78, 5) is 10.1. The van der Waals surface area contributed by atoms with Gasteiger partial charge < -0.3 is 16.0 Å². The Morgan fingerprint density at radius 3 is 2.62 bits per heavy atom. The summed E-state index contributed by atoms with van der Waals surface area (Å²) in [6, 6.07) is 2.34. The SMILES string of the molecule is I.NC(=NCCCNc1ccc(C(F)(F)F)cn1)N1CCSCC1. The van der Waals surface area contributed by atoms with Crippen molar-refractivity contribution in [2.45, 2.75) is 12.6 Å². The van der Waals surface area contributed by atoms with E-state index >= 15 is 0 Å². The van der Waals surface area contributed by atoms with Crippen LogP contribution in [0.3, 0.4) is 0 Å². The molecular formula is C14H21F3IN5S. The summed E-state index contributed by atoms with van der Waals surface area (Å²) >= 11 is 1.91. The van der Waals surface area contributed by atoms with E-state index in [1.54, 1.807) is 0 Å². The number of halogens is 4. The lowest BCUT2D eigenvalue weighted by atomic mass is 10.3. The molecular weight excluding hydrogens is 454 g/mol. The summed E-state index contributed by atoms with van der Waals surface area (Å²) < 4.78 is 37.2. The van der Waals surface area contributed by atoms with Crippen LogP contribution in [-0.4, -0.2) is 53.5 Å². The molecule has 10 heteroatoms. The number of aliphatic imine (C=N–C) groups is 1. The standard InChI is InChI=1S/C14H20F3N5S.HI/c15-14(16,17)11-2-3-12(21-10-11)19-4-1-5-20-13(18)22-6-8-23-9-7-22;/h2-3,10H,1,4-9H2,(H2,18,20)(H,19,21);1H. The van der Waals surface area contributed by atoms with Gasteiger partial charge >= 0.3 is 6.18 Å². The van der Waals surface area contributed by atoms with Crippen LogP contribution in [0.2, 0.25) is 0 Å². The molecule has 1 aromatic rings. The number of nitrogens with zero attached hydrogens (tertiary/aromatic N) is 3. The van der Waals surface area contributed by atoms with E-state index in [2.05, 4.69) is 20.2 Å². The number of rotatable bonds is 5. The quantitative estimate of drug-likeness (QED) is 0.297. The third kappa shape index (κ3) is 6.91. The Hall–Kier alpha value is -0.910. The Morgan fingerprint density at radius 2 is 2.04 bits per heavy atom. The van der Waals surface area contributed by atoms with Gasteiger partial charge in [0, 0.05) is 43.9 Å². The molecule has 24 heavy (non-hydrogen) atoms. The van der Waals surface area contributed by atoms with E-state index in [4.69, 9.17) is 5.73 Å². The number of anilines is 1. The van der Waals surface area contributed by atoms with Gasteiger partial charge in [0.25, 0.3) is 0 Å². The van der Waals surface area contributed by atoms with Gasteiger partial charge in [0.15, 0.2) is 5.96 Å². The van der Waals surface area contributed by atoms with Crippen LogP contribution in [0.15, 0.2) is 23.3 Å². The van der Waals surface area contributed by atoms with E-state index in [9.17, 15) is 13.2 Å². The first-order valence-electron chi connectivity index (χ1n) is 7.36. The van der Waals surface area contributed by atoms with E-state index in [0.717, 1.165) is 43.3 Å². The molecule has 0 aromatic carbocycles. The molecule has 1 saturated heterocycles. The Labute approximate surface area is 160 Å². The first kappa shape index (κ1) is 21.1. The van der Waals surface area contributed by atoms with Crippen molar-refractivity contribution in [1.29, 1.82) is 0 Å². The normalized spacial score (nSPS) is 15.8. The van der Waals surface area contributed by atoms with Gasteiger partial charge in [0.1, 0.15) is 5.82 Å². The number of pyridine rings is 1. The van der Waals surface area contributed by atoms with Crippen LogP contribution >= 0.6 is 35.7 Å². The molecule has 0 radical (unpaired) electrons. The van der Waals surface area contributed by atoms with Gasteiger partial charge in [-0.25, -0.2) is 4.98 Å². The highest BCUT2D eigenvalue weighted by Gasteiger charge is 2.30. The highest BCUT2D eigenvalue weighted by atomic mass is 127. The van der Waals surface area contributed by atoms with Gasteiger partial charge in [-0.2, -0.15) is 24.9 Å². The minimum absolute atomic E-state index is 0. The smallest absolute Gasteiger partial charge is 0.370 e. The van der Waals surface area contributed by atoms with Gasteiger partial charge in [-0.05, 0) is 18.6 Å². The Balaban J connectivity index is 0.00000288. The second-order valence-electron chi connectivity index (χ2n) is 5.05. The average Bonchev–Trinajstić information content (AvgIpc) is 2.55. The molecule has 0 atom stereocenters. The van der Waals surface area contributed by atoms with Crippen LogP contribution < -0.4 is 11.1 Å². The maximum absolute atomic E-state index is 12.4. The van der Waals surface area contributed by atoms with Crippen molar-refractivity contribution in [3.8, 4) is 0 Å². The van der Waals surface area contributed by atoms with Crippen molar-refractivity contribution in [1.82, 2.24) is 9.88 Å². The third-order valence-electron chi connectivity index (χ3n) is 3.34. The fraction of sp³-hybridized carbons (Fsp3) is 0.571. The van der Waals surface area contributed by atoms with Gasteiger partial charge in [-0.1, -0.05) is 0 Å². The number of nitrogens with one attached hydrogen (secondary N) is 1. The number of hydrogen-bond acceptors (Lipinski definition) is 4. The minimum Gasteiger partial charge on any atom is -0.370 e. The fourth-order valence-corrected chi connectivity index (χ4v) is 2.95. The van der Waals surface area contributed by atoms with Crippen molar-refractivity contribution in [2.24, 2.45) is 10.7 Å². The zero-order valence-corrected chi connectivity index (χ0v) is 16.2.